The van der Waals surface area contributed by atoms with E-state index in [0.717, 1.165) is 29.0 Å². The first-order chi connectivity index (χ1) is 11.2. The molecule has 4 nitrogen and oxygen atoms in total. The first-order valence-electron chi connectivity index (χ1n) is 7.94. The Labute approximate surface area is 149 Å². The Morgan fingerprint density at radius 1 is 1.12 bits per heavy atom. The molecule has 2 aromatic rings. The van der Waals surface area contributed by atoms with Crippen molar-refractivity contribution in [3.05, 3.63) is 65.2 Å². The molecular formula is C19H24ClNO3. The van der Waals surface area contributed by atoms with Gasteiger partial charge in [0.05, 0.1) is 19.8 Å². The second kappa shape index (κ2) is 7.99. The fourth-order valence-corrected chi connectivity index (χ4v) is 3.31. The highest BCUT2D eigenvalue weighted by Crippen LogP contribution is 2.42. The number of ether oxygens (including phenoxy) is 2. The minimum Gasteiger partial charge on any atom is -0.496 e. The van der Waals surface area contributed by atoms with Crippen LogP contribution in [0.4, 0.5) is 0 Å². The van der Waals surface area contributed by atoms with Crippen LogP contribution in [-0.2, 0) is 10.3 Å². The van der Waals surface area contributed by atoms with Gasteiger partial charge < -0.3 is 19.9 Å². The van der Waals surface area contributed by atoms with Gasteiger partial charge in [0.25, 0.3) is 0 Å². The van der Waals surface area contributed by atoms with Gasteiger partial charge in [0, 0.05) is 18.7 Å². The van der Waals surface area contributed by atoms with E-state index in [0.29, 0.717) is 13.2 Å². The lowest BCUT2D eigenvalue weighted by Gasteiger charge is -2.40. The number of nitrogens with one attached hydrogen (secondary N) is 1. The van der Waals surface area contributed by atoms with E-state index in [2.05, 4.69) is 5.32 Å². The predicted octanol–water partition coefficient (Wildman–Crippen LogP) is 3.03. The Morgan fingerprint density at radius 3 is 2.42 bits per heavy atom. The first-order valence-corrected chi connectivity index (χ1v) is 7.94. The fourth-order valence-electron chi connectivity index (χ4n) is 3.31. The Morgan fingerprint density at radius 2 is 1.79 bits per heavy atom. The van der Waals surface area contributed by atoms with Gasteiger partial charge in [0.2, 0.25) is 0 Å². The van der Waals surface area contributed by atoms with Crippen molar-refractivity contribution in [2.45, 2.75) is 18.6 Å². The summed E-state index contributed by atoms with van der Waals surface area (Å²) in [4.78, 5) is 0. The number of para-hydroxylation sites is 1. The Hall–Kier alpha value is -1.59. The average molecular weight is 350 g/mol. The topological polar surface area (TPSA) is 50.7 Å². The maximum atomic E-state index is 10.2. The molecule has 1 fully saturated rings. The van der Waals surface area contributed by atoms with Gasteiger partial charge in [-0.25, -0.2) is 0 Å². The fraction of sp³-hybridized carbons (Fsp3) is 0.368. The van der Waals surface area contributed by atoms with Gasteiger partial charge >= 0.3 is 0 Å². The Balaban J connectivity index is 0.00000208. The van der Waals surface area contributed by atoms with Crippen molar-refractivity contribution in [2.75, 3.05) is 26.8 Å². The normalized spacial score (nSPS) is 21.6. The number of aliphatic hydroxyl groups excluding tert-OH is 1. The van der Waals surface area contributed by atoms with Gasteiger partial charge in [0.1, 0.15) is 11.4 Å². The van der Waals surface area contributed by atoms with Crippen LogP contribution in [0.25, 0.3) is 0 Å². The van der Waals surface area contributed by atoms with Crippen LogP contribution in [-0.4, -0.2) is 31.9 Å². The molecular weight excluding hydrogens is 326 g/mol. The third kappa shape index (κ3) is 3.28. The van der Waals surface area contributed by atoms with Crippen LogP contribution in [0.15, 0.2) is 48.5 Å². The van der Waals surface area contributed by atoms with E-state index in [4.69, 9.17) is 9.47 Å². The zero-order chi connectivity index (χ0) is 16.3. The smallest absolute Gasteiger partial charge is 0.134 e. The Kier molecular flexibility index (Phi) is 6.24. The summed E-state index contributed by atoms with van der Waals surface area (Å²) < 4.78 is 11.9. The summed E-state index contributed by atoms with van der Waals surface area (Å²) in [6, 6.07) is 15.8. The molecule has 0 aromatic heterocycles. The maximum absolute atomic E-state index is 10.2. The van der Waals surface area contributed by atoms with Crippen molar-refractivity contribution in [3.63, 3.8) is 0 Å². The largest absolute Gasteiger partial charge is 0.496 e. The SMILES string of the molecule is COc1ccccc1C1(c2ccccc2C(C)O)CNCCO1.Cl. The highest BCUT2D eigenvalue weighted by molar-refractivity contribution is 5.85. The average Bonchev–Trinajstić information content (AvgIpc) is 2.62. The number of halogens is 1. The van der Waals surface area contributed by atoms with Crippen LogP contribution in [0.3, 0.4) is 0 Å². The van der Waals surface area contributed by atoms with Crippen LogP contribution in [0.5, 0.6) is 5.75 Å². The van der Waals surface area contributed by atoms with Crippen molar-refractivity contribution in [3.8, 4) is 5.75 Å². The minimum absolute atomic E-state index is 0. The molecule has 0 bridgehead atoms. The van der Waals surface area contributed by atoms with Gasteiger partial charge in [-0.1, -0.05) is 42.5 Å². The number of rotatable bonds is 4. The van der Waals surface area contributed by atoms with Crippen molar-refractivity contribution in [1.29, 1.82) is 0 Å². The molecule has 0 spiro atoms. The molecule has 0 amide bonds. The van der Waals surface area contributed by atoms with E-state index in [1.54, 1.807) is 14.0 Å². The van der Waals surface area contributed by atoms with Gasteiger partial charge in [-0.05, 0) is 24.1 Å². The van der Waals surface area contributed by atoms with Crippen LogP contribution in [0.2, 0.25) is 0 Å². The second-order valence-electron chi connectivity index (χ2n) is 5.82. The van der Waals surface area contributed by atoms with E-state index in [-0.39, 0.29) is 12.4 Å². The first kappa shape index (κ1) is 18.7. The van der Waals surface area contributed by atoms with Crippen molar-refractivity contribution in [2.24, 2.45) is 0 Å². The summed E-state index contributed by atoms with van der Waals surface area (Å²) in [6.45, 7) is 3.84. The molecule has 24 heavy (non-hydrogen) atoms. The Bertz CT molecular complexity index is 669. The van der Waals surface area contributed by atoms with E-state index >= 15 is 0 Å². The zero-order valence-electron chi connectivity index (χ0n) is 14.0. The van der Waals surface area contributed by atoms with Gasteiger partial charge in [0.15, 0.2) is 0 Å². The monoisotopic (exact) mass is 349 g/mol. The lowest BCUT2D eigenvalue weighted by Crippen LogP contribution is -2.49. The van der Waals surface area contributed by atoms with Crippen molar-refractivity contribution in [1.82, 2.24) is 5.32 Å². The number of aliphatic hydroxyl groups is 1. The number of hydrogen-bond acceptors (Lipinski definition) is 4. The van der Waals surface area contributed by atoms with Crippen LogP contribution < -0.4 is 10.1 Å². The molecule has 2 atom stereocenters. The summed E-state index contributed by atoms with van der Waals surface area (Å²) in [7, 11) is 1.67. The number of morpholine rings is 1. The van der Waals surface area contributed by atoms with Gasteiger partial charge in [-0.3, -0.25) is 0 Å². The van der Waals surface area contributed by atoms with Gasteiger partial charge in [-0.2, -0.15) is 0 Å². The molecule has 130 valence electrons. The maximum Gasteiger partial charge on any atom is 0.134 e. The van der Waals surface area contributed by atoms with E-state index < -0.39 is 11.7 Å². The summed E-state index contributed by atoms with van der Waals surface area (Å²) in [6.07, 6.45) is -0.566. The summed E-state index contributed by atoms with van der Waals surface area (Å²) in [5.74, 6) is 0.789. The molecule has 1 aliphatic heterocycles. The van der Waals surface area contributed by atoms with Crippen molar-refractivity contribution < 1.29 is 14.6 Å². The number of hydrogen-bond donors (Lipinski definition) is 2. The second-order valence-corrected chi connectivity index (χ2v) is 5.82. The van der Waals surface area contributed by atoms with Crippen LogP contribution >= 0.6 is 12.4 Å². The molecule has 2 aromatic carbocycles. The molecule has 2 unspecified atom stereocenters. The third-order valence-electron chi connectivity index (χ3n) is 4.39. The predicted molar refractivity (Wildman–Crippen MR) is 96.9 cm³/mol. The molecule has 0 aliphatic carbocycles. The molecule has 0 saturated carbocycles. The lowest BCUT2D eigenvalue weighted by molar-refractivity contribution is -0.0432. The minimum atomic E-state index is -0.668. The molecule has 2 N–H and O–H groups in total. The molecule has 3 rings (SSSR count). The van der Waals surface area contributed by atoms with Gasteiger partial charge in [-0.15, -0.1) is 12.4 Å². The van der Waals surface area contributed by atoms with Crippen LogP contribution in [0, 0.1) is 0 Å². The van der Waals surface area contributed by atoms with Crippen molar-refractivity contribution >= 4 is 12.4 Å². The summed E-state index contributed by atoms with van der Waals surface area (Å²) >= 11 is 0. The molecule has 5 heteroatoms. The summed E-state index contributed by atoms with van der Waals surface area (Å²) in [5.41, 5.74) is 2.16. The quantitative estimate of drug-likeness (QED) is 0.890. The van der Waals surface area contributed by atoms with E-state index in [1.807, 2.05) is 48.5 Å². The number of methoxy groups -OCH3 is 1. The molecule has 1 aliphatic rings. The number of benzene rings is 2. The molecule has 1 saturated heterocycles. The van der Waals surface area contributed by atoms with Crippen LogP contribution in [0.1, 0.15) is 29.7 Å². The van der Waals surface area contributed by atoms with E-state index in [9.17, 15) is 5.11 Å². The summed E-state index contributed by atoms with van der Waals surface area (Å²) in [5, 5.41) is 13.6. The van der Waals surface area contributed by atoms with E-state index in [1.165, 1.54) is 0 Å². The highest BCUT2D eigenvalue weighted by Gasteiger charge is 2.41. The third-order valence-corrected chi connectivity index (χ3v) is 4.39. The zero-order valence-corrected chi connectivity index (χ0v) is 14.8. The molecule has 0 radical (unpaired) electrons. The standard InChI is InChI=1S/C19H23NO3.ClH/c1-14(21)15-7-3-4-8-16(15)19(13-20-11-12-23-19)17-9-5-6-10-18(17)22-2;/h3-10,14,20-21H,11-13H2,1-2H3;1H. The molecule has 1 heterocycles. The lowest BCUT2D eigenvalue weighted by atomic mass is 9.81. The highest BCUT2D eigenvalue weighted by atomic mass is 35.5.